The summed E-state index contributed by atoms with van der Waals surface area (Å²) in [7, 11) is 2.95. The topological polar surface area (TPSA) is 132 Å². The minimum atomic E-state index is -0.820. The van der Waals surface area contributed by atoms with Crippen LogP contribution in [0.4, 0.5) is 5.69 Å². The van der Waals surface area contributed by atoms with Crippen LogP contribution in [0.2, 0.25) is 0 Å². The maximum atomic E-state index is 13.0. The first kappa shape index (κ1) is 24.6. The lowest BCUT2D eigenvalue weighted by Crippen LogP contribution is -2.49. The lowest BCUT2D eigenvalue weighted by molar-refractivity contribution is -0.128. The van der Waals surface area contributed by atoms with Crippen LogP contribution in [0.5, 0.6) is 17.2 Å². The van der Waals surface area contributed by atoms with Gasteiger partial charge >= 0.3 is 0 Å². The molecule has 180 valence electrons. The van der Waals surface area contributed by atoms with Crippen molar-refractivity contribution in [1.29, 1.82) is 0 Å². The fourth-order valence-electron chi connectivity index (χ4n) is 3.44. The number of carbonyl (C=O) groups is 2. The molecule has 3 aromatic rings. The van der Waals surface area contributed by atoms with Crippen molar-refractivity contribution in [2.24, 2.45) is 5.92 Å². The first-order valence-corrected chi connectivity index (χ1v) is 10.8. The Morgan fingerprint density at radius 2 is 1.76 bits per heavy atom. The van der Waals surface area contributed by atoms with Crippen molar-refractivity contribution in [3.63, 3.8) is 0 Å². The zero-order valence-corrected chi connectivity index (χ0v) is 19.5. The van der Waals surface area contributed by atoms with Gasteiger partial charge in [0, 0.05) is 11.8 Å². The molecule has 10 heteroatoms. The normalized spacial score (nSPS) is 12.6. The number of carbonyl (C=O) groups excluding carboxylic acids is 2. The van der Waals surface area contributed by atoms with Gasteiger partial charge in [-0.05, 0) is 36.2 Å². The van der Waals surface area contributed by atoms with Gasteiger partial charge in [-0.2, -0.15) is 0 Å². The number of hydrogen-bond donors (Lipinski definition) is 3. The average molecular weight is 469 g/mol. The zero-order valence-electron chi connectivity index (χ0n) is 19.5. The predicted octanol–water partition coefficient (Wildman–Crippen LogP) is 2.29. The molecular weight excluding hydrogens is 440 g/mol. The van der Waals surface area contributed by atoms with Crippen LogP contribution >= 0.6 is 0 Å². The number of phenols is 1. The Labute approximate surface area is 196 Å². The summed E-state index contributed by atoms with van der Waals surface area (Å²) >= 11 is 0. The van der Waals surface area contributed by atoms with E-state index in [9.17, 15) is 19.5 Å². The molecule has 3 rings (SSSR count). The van der Waals surface area contributed by atoms with Crippen molar-refractivity contribution in [3.8, 4) is 17.2 Å². The van der Waals surface area contributed by atoms with Gasteiger partial charge in [0.2, 0.25) is 11.8 Å². The molecule has 0 bridgehead atoms. The summed E-state index contributed by atoms with van der Waals surface area (Å²) in [6.07, 6.45) is 1.93. The second-order valence-corrected chi connectivity index (χ2v) is 7.87. The number of nitrogens with zero attached hydrogens (tertiary/aromatic N) is 2. The summed E-state index contributed by atoms with van der Waals surface area (Å²) in [6.45, 7) is 3.46. The molecule has 2 amide bonds. The molecule has 10 nitrogen and oxygen atoms in total. The molecule has 1 heterocycles. The van der Waals surface area contributed by atoms with Gasteiger partial charge in [-0.3, -0.25) is 19.0 Å². The van der Waals surface area contributed by atoms with Crippen molar-refractivity contribution in [2.75, 3.05) is 19.5 Å². The van der Waals surface area contributed by atoms with E-state index >= 15 is 0 Å². The lowest BCUT2D eigenvalue weighted by Gasteiger charge is -2.23. The van der Waals surface area contributed by atoms with Crippen molar-refractivity contribution < 1.29 is 24.2 Å². The molecule has 0 aliphatic rings. The third kappa shape index (κ3) is 5.45. The van der Waals surface area contributed by atoms with E-state index in [4.69, 9.17) is 9.47 Å². The summed E-state index contributed by atoms with van der Waals surface area (Å²) in [5.74, 6) is -0.170. The van der Waals surface area contributed by atoms with Gasteiger partial charge in [-0.1, -0.05) is 20.3 Å². The van der Waals surface area contributed by atoms with Crippen LogP contribution in [0.3, 0.4) is 0 Å². The molecule has 0 aliphatic heterocycles. The molecule has 0 spiro atoms. The molecule has 0 saturated heterocycles. The van der Waals surface area contributed by atoms with Crippen LogP contribution < -0.4 is 25.7 Å². The van der Waals surface area contributed by atoms with Gasteiger partial charge in [0.05, 0.1) is 31.4 Å². The molecule has 0 aliphatic carbocycles. The van der Waals surface area contributed by atoms with Gasteiger partial charge in [0.25, 0.3) is 5.56 Å². The minimum Gasteiger partial charge on any atom is -0.508 e. The van der Waals surface area contributed by atoms with Crippen molar-refractivity contribution in [2.45, 2.75) is 32.9 Å². The number of phenolic OH excluding ortho intramolecular Hbond substituents is 1. The zero-order chi connectivity index (χ0) is 24.8. The number of fused-ring (bicyclic) bond motifs is 1. The first-order valence-electron chi connectivity index (χ1n) is 10.8. The molecule has 0 radical (unpaired) electrons. The summed E-state index contributed by atoms with van der Waals surface area (Å²) in [5.41, 5.74) is 0.476. The number of ether oxygens (including phenoxy) is 2. The molecule has 1 aromatic heterocycles. The van der Waals surface area contributed by atoms with Crippen LogP contribution in [0.25, 0.3) is 10.9 Å². The van der Waals surface area contributed by atoms with E-state index in [0.717, 1.165) is 0 Å². The molecule has 3 N–H and O–H groups in total. The van der Waals surface area contributed by atoms with E-state index in [1.165, 1.54) is 43.3 Å². The number of anilines is 1. The van der Waals surface area contributed by atoms with Gasteiger partial charge in [-0.15, -0.1) is 0 Å². The quantitative estimate of drug-likeness (QED) is 0.411. The number of methoxy groups -OCH3 is 2. The Balaban J connectivity index is 1.79. The molecule has 0 fully saturated rings. The second kappa shape index (κ2) is 10.7. The number of benzene rings is 2. The van der Waals surface area contributed by atoms with E-state index < -0.39 is 23.4 Å². The maximum Gasteiger partial charge on any atom is 0.261 e. The maximum absolute atomic E-state index is 13.0. The van der Waals surface area contributed by atoms with E-state index in [2.05, 4.69) is 15.6 Å². The smallest absolute Gasteiger partial charge is 0.261 e. The standard InChI is InChI=1S/C24H28N4O6/c1-5-14(2)22(23(31)26-15-6-8-16(29)9-7-15)27-21(30)12-28-13-25-18-11-20(34-4)19(33-3)10-17(18)24(28)32/h6-11,13-14,22,29H,5,12H2,1-4H3,(H,26,31)(H,27,30). The number of nitrogens with one attached hydrogen (secondary N) is 2. The van der Waals surface area contributed by atoms with Crippen LogP contribution in [-0.2, 0) is 16.1 Å². The fourth-order valence-corrected chi connectivity index (χ4v) is 3.44. The molecule has 2 unspecified atom stereocenters. The van der Waals surface area contributed by atoms with E-state index in [1.54, 1.807) is 18.2 Å². The highest BCUT2D eigenvalue weighted by atomic mass is 16.5. The highest BCUT2D eigenvalue weighted by Gasteiger charge is 2.26. The summed E-state index contributed by atoms with van der Waals surface area (Å²) in [6, 6.07) is 8.32. The summed E-state index contributed by atoms with van der Waals surface area (Å²) in [4.78, 5) is 42.9. The Kier molecular flexibility index (Phi) is 7.72. The van der Waals surface area contributed by atoms with Crippen LogP contribution in [-0.4, -0.2) is 46.7 Å². The van der Waals surface area contributed by atoms with Crippen molar-refractivity contribution in [3.05, 3.63) is 53.1 Å². The van der Waals surface area contributed by atoms with Gasteiger partial charge in [0.15, 0.2) is 11.5 Å². The van der Waals surface area contributed by atoms with E-state index in [0.29, 0.717) is 29.1 Å². The number of amides is 2. The number of aromatic hydroxyl groups is 1. The minimum absolute atomic E-state index is 0.0790. The van der Waals surface area contributed by atoms with Gasteiger partial charge in [-0.25, -0.2) is 4.98 Å². The first-order chi connectivity index (χ1) is 16.3. The molecule has 34 heavy (non-hydrogen) atoms. The third-order valence-electron chi connectivity index (χ3n) is 5.59. The average Bonchev–Trinajstić information content (AvgIpc) is 2.84. The highest BCUT2D eigenvalue weighted by Crippen LogP contribution is 2.29. The molecular formula is C24H28N4O6. The van der Waals surface area contributed by atoms with Crippen molar-refractivity contribution in [1.82, 2.24) is 14.9 Å². The highest BCUT2D eigenvalue weighted by molar-refractivity contribution is 5.97. The van der Waals surface area contributed by atoms with Crippen molar-refractivity contribution >= 4 is 28.4 Å². The number of hydrogen-bond acceptors (Lipinski definition) is 7. The number of aromatic nitrogens is 2. The SMILES string of the molecule is CCC(C)C(NC(=O)Cn1cnc2cc(OC)c(OC)cc2c1=O)C(=O)Nc1ccc(O)cc1. The Bertz CT molecular complexity index is 1240. The number of rotatable bonds is 9. The molecule has 2 aromatic carbocycles. The Hall–Kier alpha value is -4.08. The molecule has 2 atom stereocenters. The molecule has 0 saturated carbocycles. The lowest BCUT2D eigenvalue weighted by atomic mass is 9.98. The van der Waals surface area contributed by atoms with Crippen LogP contribution in [0, 0.1) is 5.92 Å². The Morgan fingerprint density at radius 3 is 2.38 bits per heavy atom. The van der Waals surface area contributed by atoms with Gasteiger partial charge in [0.1, 0.15) is 18.3 Å². The Morgan fingerprint density at radius 1 is 1.12 bits per heavy atom. The summed E-state index contributed by atoms with van der Waals surface area (Å²) < 4.78 is 11.7. The van der Waals surface area contributed by atoms with E-state index in [1.807, 2.05) is 13.8 Å². The fraction of sp³-hybridized carbons (Fsp3) is 0.333. The van der Waals surface area contributed by atoms with Crippen LogP contribution in [0.15, 0.2) is 47.5 Å². The van der Waals surface area contributed by atoms with Gasteiger partial charge < -0.3 is 25.2 Å². The second-order valence-electron chi connectivity index (χ2n) is 7.87. The monoisotopic (exact) mass is 468 g/mol. The summed E-state index contributed by atoms with van der Waals surface area (Å²) in [5, 5.41) is 15.2. The van der Waals surface area contributed by atoms with Crippen LogP contribution in [0.1, 0.15) is 20.3 Å². The largest absolute Gasteiger partial charge is 0.508 e. The predicted molar refractivity (Wildman–Crippen MR) is 127 cm³/mol. The van der Waals surface area contributed by atoms with E-state index in [-0.39, 0.29) is 23.6 Å². The third-order valence-corrected chi connectivity index (χ3v) is 5.59.